The summed E-state index contributed by atoms with van der Waals surface area (Å²) < 4.78 is 0. The standard InChI is InChI=1S/C10H19NO2/c12-11(13)10-7-3-5-8-4-1-2-6-9(8)10/h8-10,12-13H,1-7H2. The third kappa shape index (κ3) is 1.87. The van der Waals surface area contributed by atoms with E-state index in [0.717, 1.165) is 18.8 Å². The normalized spacial score (nSPS) is 40.4. The van der Waals surface area contributed by atoms with Crippen LogP contribution >= 0.6 is 0 Å². The van der Waals surface area contributed by atoms with Crippen molar-refractivity contribution in [2.45, 2.75) is 51.0 Å². The highest BCUT2D eigenvalue weighted by Gasteiger charge is 2.37. The van der Waals surface area contributed by atoms with Gasteiger partial charge >= 0.3 is 0 Å². The average Bonchev–Trinajstić information content (AvgIpc) is 2.17. The Balaban J connectivity index is 2.02. The van der Waals surface area contributed by atoms with Crippen molar-refractivity contribution >= 4 is 0 Å². The first-order valence-electron chi connectivity index (χ1n) is 5.46. The Morgan fingerprint density at radius 2 is 1.54 bits per heavy atom. The molecule has 13 heavy (non-hydrogen) atoms. The van der Waals surface area contributed by atoms with Crippen molar-refractivity contribution in [3.05, 3.63) is 0 Å². The lowest BCUT2D eigenvalue weighted by molar-refractivity contribution is -0.346. The summed E-state index contributed by atoms with van der Waals surface area (Å²) in [6.07, 6.45) is 8.50. The van der Waals surface area contributed by atoms with Gasteiger partial charge in [0.2, 0.25) is 0 Å². The molecule has 3 heteroatoms. The Morgan fingerprint density at radius 3 is 2.31 bits per heavy atom. The van der Waals surface area contributed by atoms with Gasteiger partial charge in [0, 0.05) is 0 Å². The van der Waals surface area contributed by atoms with Crippen LogP contribution in [0.4, 0.5) is 0 Å². The molecule has 2 aliphatic carbocycles. The van der Waals surface area contributed by atoms with E-state index in [9.17, 15) is 0 Å². The summed E-state index contributed by atoms with van der Waals surface area (Å²) in [6, 6.07) is 0.0130. The van der Waals surface area contributed by atoms with Crippen LogP contribution in [0.15, 0.2) is 0 Å². The van der Waals surface area contributed by atoms with E-state index in [4.69, 9.17) is 10.4 Å². The molecule has 3 unspecified atom stereocenters. The lowest BCUT2D eigenvalue weighted by atomic mass is 9.68. The topological polar surface area (TPSA) is 43.7 Å². The largest absolute Gasteiger partial charge is 0.289 e. The minimum Gasteiger partial charge on any atom is -0.289 e. The molecule has 3 nitrogen and oxygen atoms in total. The Bertz CT molecular complexity index is 170. The molecule has 2 aliphatic rings. The van der Waals surface area contributed by atoms with E-state index in [1.807, 2.05) is 0 Å². The highest BCUT2D eigenvalue weighted by Crippen LogP contribution is 2.41. The van der Waals surface area contributed by atoms with Crippen LogP contribution in [0.5, 0.6) is 0 Å². The van der Waals surface area contributed by atoms with Gasteiger partial charge in [0.1, 0.15) is 0 Å². The highest BCUT2D eigenvalue weighted by atomic mass is 16.8. The van der Waals surface area contributed by atoms with Crippen LogP contribution in [0.3, 0.4) is 0 Å². The summed E-state index contributed by atoms with van der Waals surface area (Å²) in [5, 5.41) is 18.7. The molecule has 0 saturated heterocycles. The Hall–Kier alpha value is -0.120. The fourth-order valence-corrected chi connectivity index (χ4v) is 3.19. The monoisotopic (exact) mass is 185 g/mol. The number of rotatable bonds is 1. The third-order valence-corrected chi connectivity index (χ3v) is 3.83. The van der Waals surface area contributed by atoms with Crippen LogP contribution in [0.25, 0.3) is 0 Å². The number of hydroxylamine groups is 2. The molecular weight excluding hydrogens is 166 g/mol. The van der Waals surface area contributed by atoms with E-state index >= 15 is 0 Å². The molecule has 3 atom stereocenters. The molecule has 0 bridgehead atoms. The fraction of sp³-hybridized carbons (Fsp3) is 1.00. The average molecular weight is 185 g/mol. The molecule has 2 N–H and O–H groups in total. The predicted molar refractivity (Wildman–Crippen MR) is 48.5 cm³/mol. The van der Waals surface area contributed by atoms with Crippen LogP contribution in [-0.4, -0.2) is 21.7 Å². The molecule has 2 fully saturated rings. The molecule has 0 aromatic rings. The van der Waals surface area contributed by atoms with Crippen molar-refractivity contribution < 1.29 is 10.4 Å². The van der Waals surface area contributed by atoms with E-state index in [1.54, 1.807) is 0 Å². The zero-order chi connectivity index (χ0) is 9.26. The Labute approximate surface area is 79.3 Å². The van der Waals surface area contributed by atoms with Crippen LogP contribution < -0.4 is 0 Å². The molecule has 0 aromatic heterocycles. The molecule has 2 rings (SSSR count). The lowest BCUT2D eigenvalue weighted by Gasteiger charge is -2.42. The quantitative estimate of drug-likeness (QED) is 0.617. The zero-order valence-corrected chi connectivity index (χ0v) is 8.02. The maximum Gasteiger partial charge on any atom is 0.0654 e. The minimum atomic E-state index is 0.0130. The summed E-state index contributed by atoms with van der Waals surface area (Å²) in [6.45, 7) is 0. The van der Waals surface area contributed by atoms with Crippen LogP contribution in [0.2, 0.25) is 0 Å². The first-order valence-corrected chi connectivity index (χ1v) is 5.46. The SMILES string of the molecule is ON(O)C1CCCC2CCCCC21. The number of nitrogens with zero attached hydrogens (tertiary/aromatic N) is 1. The second-order valence-corrected chi connectivity index (χ2v) is 4.53. The van der Waals surface area contributed by atoms with Crippen molar-refractivity contribution in [1.29, 1.82) is 0 Å². The van der Waals surface area contributed by atoms with Gasteiger partial charge in [0.25, 0.3) is 0 Å². The maximum atomic E-state index is 9.10. The minimum absolute atomic E-state index is 0.0130. The number of fused-ring (bicyclic) bond motifs is 1. The van der Waals surface area contributed by atoms with Crippen molar-refractivity contribution in [3.8, 4) is 0 Å². The van der Waals surface area contributed by atoms with Gasteiger partial charge in [-0.1, -0.05) is 37.3 Å². The molecule has 0 spiro atoms. The van der Waals surface area contributed by atoms with E-state index in [0.29, 0.717) is 11.1 Å². The maximum absolute atomic E-state index is 9.10. The van der Waals surface area contributed by atoms with Gasteiger partial charge < -0.3 is 0 Å². The fourth-order valence-electron chi connectivity index (χ4n) is 3.19. The second-order valence-electron chi connectivity index (χ2n) is 4.53. The first-order chi connectivity index (χ1) is 6.29. The smallest absolute Gasteiger partial charge is 0.0654 e. The van der Waals surface area contributed by atoms with E-state index < -0.39 is 0 Å². The van der Waals surface area contributed by atoms with Gasteiger partial charge in [-0.15, -0.1) is 0 Å². The molecule has 0 heterocycles. The first kappa shape index (κ1) is 9.44. The molecular formula is C10H19NO2. The molecule has 0 aromatic carbocycles. The molecule has 0 amide bonds. The summed E-state index contributed by atoms with van der Waals surface area (Å²) in [5.74, 6) is 1.30. The summed E-state index contributed by atoms with van der Waals surface area (Å²) >= 11 is 0. The predicted octanol–water partition coefficient (Wildman–Crippen LogP) is 2.43. The van der Waals surface area contributed by atoms with Crippen LogP contribution in [-0.2, 0) is 0 Å². The Kier molecular flexibility index (Phi) is 2.86. The lowest BCUT2D eigenvalue weighted by Crippen LogP contribution is -2.43. The van der Waals surface area contributed by atoms with Crippen molar-refractivity contribution in [1.82, 2.24) is 5.23 Å². The van der Waals surface area contributed by atoms with Gasteiger partial charge in [-0.25, -0.2) is 0 Å². The molecule has 76 valence electrons. The van der Waals surface area contributed by atoms with Gasteiger partial charge in [-0.3, -0.25) is 10.4 Å². The molecule has 0 radical (unpaired) electrons. The second kappa shape index (κ2) is 3.95. The van der Waals surface area contributed by atoms with E-state index in [-0.39, 0.29) is 6.04 Å². The summed E-state index contributed by atoms with van der Waals surface area (Å²) in [5.41, 5.74) is 0. The number of hydrogen-bond acceptors (Lipinski definition) is 3. The van der Waals surface area contributed by atoms with Gasteiger partial charge in [-0.2, -0.15) is 0 Å². The number of hydrogen-bond donors (Lipinski definition) is 2. The van der Waals surface area contributed by atoms with E-state index in [2.05, 4.69) is 0 Å². The summed E-state index contributed by atoms with van der Waals surface area (Å²) in [4.78, 5) is 0. The van der Waals surface area contributed by atoms with Gasteiger partial charge in [-0.05, 0) is 24.7 Å². The van der Waals surface area contributed by atoms with Crippen LogP contribution in [0, 0.1) is 11.8 Å². The highest BCUT2D eigenvalue weighted by molar-refractivity contribution is 4.87. The third-order valence-electron chi connectivity index (χ3n) is 3.83. The summed E-state index contributed by atoms with van der Waals surface area (Å²) in [7, 11) is 0. The Morgan fingerprint density at radius 1 is 0.846 bits per heavy atom. The zero-order valence-electron chi connectivity index (χ0n) is 8.02. The van der Waals surface area contributed by atoms with Crippen molar-refractivity contribution in [2.75, 3.05) is 0 Å². The van der Waals surface area contributed by atoms with E-state index in [1.165, 1.54) is 32.1 Å². The van der Waals surface area contributed by atoms with Crippen molar-refractivity contribution in [2.24, 2.45) is 11.8 Å². The van der Waals surface area contributed by atoms with Gasteiger partial charge in [0.15, 0.2) is 0 Å². The van der Waals surface area contributed by atoms with Crippen molar-refractivity contribution in [3.63, 3.8) is 0 Å². The molecule has 2 saturated carbocycles. The van der Waals surface area contributed by atoms with Crippen LogP contribution in [0.1, 0.15) is 44.9 Å². The molecule has 0 aliphatic heterocycles. The van der Waals surface area contributed by atoms with Gasteiger partial charge in [0.05, 0.1) is 6.04 Å².